The Morgan fingerprint density at radius 1 is 1.57 bits per heavy atom. The van der Waals surface area contributed by atoms with Crippen molar-refractivity contribution in [3.05, 3.63) is 0 Å². The number of morpholine rings is 1. The third-order valence-corrected chi connectivity index (χ3v) is 2.79. The Morgan fingerprint density at radius 2 is 2.29 bits per heavy atom. The van der Waals surface area contributed by atoms with Crippen LogP contribution in [0.25, 0.3) is 0 Å². The number of ketones is 1. The van der Waals surface area contributed by atoms with Crippen molar-refractivity contribution < 1.29 is 9.53 Å². The van der Waals surface area contributed by atoms with Gasteiger partial charge in [-0.25, -0.2) is 0 Å². The summed E-state index contributed by atoms with van der Waals surface area (Å²) in [7, 11) is 0. The van der Waals surface area contributed by atoms with E-state index in [4.69, 9.17) is 4.74 Å². The van der Waals surface area contributed by atoms with Gasteiger partial charge >= 0.3 is 0 Å². The molecule has 0 bridgehead atoms. The molecule has 1 aliphatic heterocycles. The van der Waals surface area contributed by atoms with Crippen LogP contribution in [0.15, 0.2) is 0 Å². The van der Waals surface area contributed by atoms with Crippen molar-refractivity contribution in [1.82, 2.24) is 4.90 Å². The molecule has 1 fully saturated rings. The Balaban J connectivity index is 2.49. The van der Waals surface area contributed by atoms with Gasteiger partial charge in [0.2, 0.25) is 0 Å². The highest BCUT2D eigenvalue weighted by molar-refractivity contribution is 5.78. The maximum Gasteiger partial charge on any atom is 0.134 e. The molecule has 1 saturated heterocycles. The zero-order valence-corrected chi connectivity index (χ0v) is 9.45. The van der Waals surface area contributed by atoms with Gasteiger partial charge in [0.1, 0.15) is 5.78 Å². The lowest BCUT2D eigenvalue weighted by molar-refractivity contribution is -0.122. The summed E-state index contributed by atoms with van der Waals surface area (Å²) >= 11 is 0. The summed E-state index contributed by atoms with van der Waals surface area (Å²) in [6.45, 7) is 8.74. The molecular weight excluding hydrogens is 178 g/mol. The average Bonchev–Trinajstić information content (AvgIpc) is 2.18. The lowest BCUT2D eigenvalue weighted by Crippen LogP contribution is -2.49. The van der Waals surface area contributed by atoms with Gasteiger partial charge in [-0.15, -0.1) is 0 Å². The molecule has 3 heteroatoms. The van der Waals surface area contributed by atoms with Gasteiger partial charge in [-0.05, 0) is 13.8 Å². The molecule has 0 amide bonds. The zero-order valence-electron chi connectivity index (χ0n) is 9.45. The van der Waals surface area contributed by atoms with Crippen molar-refractivity contribution in [2.24, 2.45) is 0 Å². The molecule has 3 nitrogen and oxygen atoms in total. The van der Waals surface area contributed by atoms with Crippen LogP contribution in [0.5, 0.6) is 0 Å². The third-order valence-electron chi connectivity index (χ3n) is 2.79. The molecule has 0 aromatic carbocycles. The quantitative estimate of drug-likeness (QED) is 0.686. The van der Waals surface area contributed by atoms with Gasteiger partial charge in [-0.2, -0.15) is 0 Å². The van der Waals surface area contributed by atoms with Gasteiger partial charge in [-0.1, -0.05) is 6.92 Å². The number of ether oxygens (including phenoxy) is 1. The smallest absolute Gasteiger partial charge is 0.134 e. The first-order valence-electron chi connectivity index (χ1n) is 5.50. The van der Waals surface area contributed by atoms with Crippen molar-refractivity contribution >= 4 is 5.78 Å². The van der Waals surface area contributed by atoms with E-state index in [9.17, 15) is 4.79 Å². The van der Waals surface area contributed by atoms with Crippen LogP contribution in [-0.4, -0.2) is 42.5 Å². The molecular formula is C11H21NO2. The fraction of sp³-hybridized carbons (Fsp3) is 0.909. The van der Waals surface area contributed by atoms with Crippen molar-refractivity contribution in [2.75, 3.05) is 19.8 Å². The molecule has 1 atom stereocenters. The molecule has 1 rings (SSSR count). The summed E-state index contributed by atoms with van der Waals surface area (Å²) in [5.74, 6) is 0.339. The molecule has 0 aromatic heterocycles. The predicted octanol–water partition coefficient (Wildman–Crippen LogP) is 1.46. The van der Waals surface area contributed by atoms with Gasteiger partial charge in [0.25, 0.3) is 0 Å². The van der Waals surface area contributed by atoms with E-state index in [0.717, 1.165) is 13.2 Å². The SMILES string of the molecule is CCC(=O)CC1COCCN1C(C)C. The Morgan fingerprint density at radius 3 is 2.86 bits per heavy atom. The van der Waals surface area contributed by atoms with E-state index in [1.807, 2.05) is 6.92 Å². The number of hydrogen-bond acceptors (Lipinski definition) is 3. The second-order valence-electron chi connectivity index (χ2n) is 4.16. The fourth-order valence-electron chi connectivity index (χ4n) is 1.93. The summed E-state index contributed by atoms with van der Waals surface area (Å²) in [4.78, 5) is 13.7. The van der Waals surface area contributed by atoms with Crippen molar-refractivity contribution in [3.8, 4) is 0 Å². The van der Waals surface area contributed by atoms with Crippen LogP contribution in [0.4, 0.5) is 0 Å². The van der Waals surface area contributed by atoms with Crippen molar-refractivity contribution in [2.45, 2.75) is 45.7 Å². The van der Waals surface area contributed by atoms with Crippen LogP contribution in [-0.2, 0) is 9.53 Å². The molecule has 0 aliphatic carbocycles. The Kier molecular flexibility index (Phi) is 4.55. The largest absolute Gasteiger partial charge is 0.378 e. The molecule has 1 aliphatic rings. The molecule has 0 spiro atoms. The second kappa shape index (κ2) is 5.47. The van der Waals surface area contributed by atoms with Gasteiger partial charge < -0.3 is 4.74 Å². The molecule has 1 unspecified atom stereocenters. The van der Waals surface area contributed by atoms with Crippen LogP contribution >= 0.6 is 0 Å². The van der Waals surface area contributed by atoms with E-state index in [-0.39, 0.29) is 0 Å². The lowest BCUT2D eigenvalue weighted by Gasteiger charge is -2.38. The molecule has 0 aromatic rings. The topological polar surface area (TPSA) is 29.5 Å². The minimum atomic E-state index is 0.302. The van der Waals surface area contributed by atoms with E-state index in [0.29, 0.717) is 37.3 Å². The average molecular weight is 199 g/mol. The maximum atomic E-state index is 11.4. The Hall–Kier alpha value is -0.410. The standard InChI is InChI=1S/C11H21NO2/c1-4-11(13)7-10-8-14-6-5-12(10)9(2)3/h9-10H,4-8H2,1-3H3. The van der Waals surface area contributed by atoms with E-state index < -0.39 is 0 Å². The molecule has 0 saturated carbocycles. The number of nitrogens with zero attached hydrogens (tertiary/aromatic N) is 1. The summed E-state index contributed by atoms with van der Waals surface area (Å²) in [5.41, 5.74) is 0. The molecule has 82 valence electrons. The number of hydrogen-bond donors (Lipinski definition) is 0. The monoisotopic (exact) mass is 199 g/mol. The Labute approximate surface area is 86.4 Å². The third kappa shape index (κ3) is 3.07. The normalized spacial score (nSPS) is 24.1. The summed E-state index contributed by atoms with van der Waals surface area (Å²) in [6, 6.07) is 0.810. The molecule has 0 radical (unpaired) electrons. The Bertz CT molecular complexity index is 192. The minimum absolute atomic E-state index is 0.302. The number of Topliss-reactive ketones (excluding diaryl/α,β-unsaturated/α-hetero) is 1. The minimum Gasteiger partial charge on any atom is -0.378 e. The highest BCUT2D eigenvalue weighted by Gasteiger charge is 2.26. The predicted molar refractivity (Wildman–Crippen MR) is 56.4 cm³/mol. The number of carbonyl (C=O) groups excluding carboxylic acids is 1. The van der Waals surface area contributed by atoms with E-state index >= 15 is 0 Å². The van der Waals surface area contributed by atoms with Crippen molar-refractivity contribution in [3.63, 3.8) is 0 Å². The maximum absolute atomic E-state index is 11.4. The van der Waals surface area contributed by atoms with Crippen LogP contribution in [0, 0.1) is 0 Å². The van der Waals surface area contributed by atoms with Gasteiger partial charge in [0.15, 0.2) is 0 Å². The molecule has 1 heterocycles. The van der Waals surface area contributed by atoms with E-state index in [2.05, 4.69) is 18.7 Å². The lowest BCUT2D eigenvalue weighted by atomic mass is 10.1. The molecule has 14 heavy (non-hydrogen) atoms. The molecule has 0 N–H and O–H groups in total. The summed E-state index contributed by atoms with van der Waals surface area (Å²) in [6.07, 6.45) is 1.29. The van der Waals surface area contributed by atoms with Gasteiger partial charge in [0.05, 0.1) is 13.2 Å². The van der Waals surface area contributed by atoms with E-state index in [1.165, 1.54) is 0 Å². The van der Waals surface area contributed by atoms with Crippen molar-refractivity contribution in [1.29, 1.82) is 0 Å². The highest BCUT2D eigenvalue weighted by atomic mass is 16.5. The van der Waals surface area contributed by atoms with Gasteiger partial charge in [-0.3, -0.25) is 9.69 Å². The zero-order chi connectivity index (χ0) is 10.6. The van der Waals surface area contributed by atoms with E-state index in [1.54, 1.807) is 0 Å². The first-order chi connectivity index (χ1) is 6.65. The fourth-order valence-corrected chi connectivity index (χ4v) is 1.93. The highest BCUT2D eigenvalue weighted by Crippen LogP contribution is 2.14. The summed E-state index contributed by atoms with van der Waals surface area (Å²) in [5, 5.41) is 0. The number of carbonyl (C=O) groups is 1. The van der Waals surface area contributed by atoms with Crippen LogP contribution in [0.1, 0.15) is 33.6 Å². The summed E-state index contributed by atoms with van der Waals surface area (Å²) < 4.78 is 5.41. The second-order valence-corrected chi connectivity index (χ2v) is 4.16. The first kappa shape index (κ1) is 11.7. The number of rotatable bonds is 4. The van der Waals surface area contributed by atoms with Crippen LogP contribution in [0.2, 0.25) is 0 Å². The van der Waals surface area contributed by atoms with Crippen LogP contribution in [0.3, 0.4) is 0 Å². The first-order valence-corrected chi connectivity index (χ1v) is 5.50. The van der Waals surface area contributed by atoms with Gasteiger partial charge in [0, 0.05) is 31.5 Å². The van der Waals surface area contributed by atoms with Crippen LogP contribution < -0.4 is 0 Å².